The summed E-state index contributed by atoms with van der Waals surface area (Å²) in [6.07, 6.45) is 1.57. The Kier molecular flexibility index (Phi) is 6.00. The summed E-state index contributed by atoms with van der Waals surface area (Å²) in [5, 5.41) is 5.40. The summed E-state index contributed by atoms with van der Waals surface area (Å²) in [6, 6.07) is 14.1. The predicted octanol–water partition coefficient (Wildman–Crippen LogP) is 4.01. The highest BCUT2D eigenvalue weighted by atomic mass is 35.5. The monoisotopic (exact) mass is 399 g/mol. The van der Waals surface area contributed by atoms with Gasteiger partial charge in [-0.2, -0.15) is 0 Å². The van der Waals surface area contributed by atoms with Crippen molar-refractivity contribution in [1.82, 2.24) is 20.3 Å². The smallest absolute Gasteiger partial charge is 0.292 e. The van der Waals surface area contributed by atoms with Crippen molar-refractivity contribution in [2.75, 3.05) is 5.32 Å². The molecule has 2 heterocycles. The van der Waals surface area contributed by atoms with E-state index in [1.165, 1.54) is 18.7 Å². The number of amides is 3. The number of carbonyl (C=O) groups excluding carboxylic acids is 2. The van der Waals surface area contributed by atoms with E-state index in [-0.39, 0.29) is 0 Å². The van der Waals surface area contributed by atoms with Gasteiger partial charge in [-0.15, -0.1) is 0 Å². The third kappa shape index (κ3) is 5.50. The lowest BCUT2D eigenvalue weighted by Gasteiger charge is -2.07. The van der Waals surface area contributed by atoms with Crippen LogP contribution < -0.4 is 10.6 Å². The van der Waals surface area contributed by atoms with Gasteiger partial charge in [-0.3, -0.25) is 15.4 Å². The molecule has 0 saturated carbocycles. The molecule has 27 heavy (non-hydrogen) atoms. The Morgan fingerprint density at radius 2 is 1.85 bits per heavy atom. The van der Waals surface area contributed by atoms with Gasteiger partial charge < -0.3 is 0 Å². The van der Waals surface area contributed by atoms with Gasteiger partial charge in [0, 0.05) is 29.6 Å². The van der Waals surface area contributed by atoms with Crippen LogP contribution in [-0.4, -0.2) is 26.9 Å². The summed E-state index contributed by atoms with van der Waals surface area (Å²) in [6.45, 7) is 1.25. The van der Waals surface area contributed by atoms with Crippen LogP contribution in [0.15, 0.2) is 64.8 Å². The van der Waals surface area contributed by atoms with Crippen LogP contribution in [0.1, 0.15) is 6.92 Å². The summed E-state index contributed by atoms with van der Waals surface area (Å²) in [7, 11) is 0. The zero-order valence-corrected chi connectivity index (χ0v) is 15.7. The van der Waals surface area contributed by atoms with E-state index in [4.69, 9.17) is 11.6 Å². The Hall–Kier alpha value is -2.97. The maximum absolute atomic E-state index is 11.5. The van der Waals surface area contributed by atoms with E-state index in [1.807, 2.05) is 30.3 Å². The van der Waals surface area contributed by atoms with Gasteiger partial charge >= 0.3 is 6.03 Å². The lowest BCUT2D eigenvalue weighted by Crippen LogP contribution is -2.32. The van der Waals surface area contributed by atoms with E-state index in [9.17, 15) is 9.59 Å². The average molecular weight is 400 g/mol. The molecule has 0 saturated heterocycles. The zero-order valence-electron chi connectivity index (χ0n) is 14.1. The van der Waals surface area contributed by atoms with Crippen molar-refractivity contribution in [3.8, 4) is 11.3 Å². The van der Waals surface area contributed by atoms with E-state index in [0.29, 0.717) is 16.1 Å². The summed E-state index contributed by atoms with van der Waals surface area (Å²) >= 11 is 7.43. The van der Waals surface area contributed by atoms with Gasteiger partial charge in [0.25, 0.3) is 0 Å². The van der Waals surface area contributed by atoms with E-state index >= 15 is 0 Å². The van der Waals surface area contributed by atoms with Gasteiger partial charge in [-0.25, -0.2) is 19.7 Å². The lowest BCUT2D eigenvalue weighted by atomic mass is 10.1. The predicted molar refractivity (Wildman–Crippen MR) is 104 cm³/mol. The van der Waals surface area contributed by atoms with E-state index in [2.05, 4.69) is 25.6 Å². The first-order valence-corrected chi connectivity index (χ1v) is 9.01. The summed E-state index contributed by atoms with van der Waals surface area (Å²) in [5.41, 5.74) is 1.67. The molecule has 2 N–H and O–H groups in total. The Morgan fingerprint density at radius 1 is 1.07 bits per heavy atom. The number of anilines is 1. The van der Waals surface area contributed by atoms with Crippen molar-refractivity contribution in [3.05, 3.63) is 59.9 Å². The molecule has 3 rings (SSSR count). The molecule has 0 bridgehead atoms. The normalized spacial score (nSPS) is 10.3. The van der Waals surface area contributed by atoms with Crippen LogP contribution in [0.3, 0.4) is 0 Å². The van der Waals surface area contributed by atoms with Crippen molar-refractivity contribution < 1.29 is 9.59 Å². The summed E-state index contributed by atoms with van der Waals surface area (Å²) in [5.74, 6) is -0.137. The number of pyridine rings is 1. The molecular formula is C18H14ClN5O2S. The second kappa shape index (κ2) is 8.61. The first kappa shape index (κ1) is 18.8. The van der Waals surface area contributed by atoms with Crippen LogP contribution in [-0.2, 0) is 4.79 Å². The lowest BCUT2D eigenvalue weighted by molar-refractivity contribution is -0.117. The third-order valence-corrected chi connectivity index (χ3v) is 4.26. The van der Waals surface area contributed by atoms with Crippen molar-refractivity contribution in [2.45, 2.75) is 17.0 Å². The molecule has 3 amide bonds. The molecule has 0 atom stereocenters. The first-order valence-electron chi connectivity index (χ1n) is 7.82. The van der Waals surface area contributed by atoms with Gasteiger partial charge in [0.15, 0.2) is 5.16 Å². The summed E-state index contributed by atoms with van der Waals surface area (Å²) < 4.78 is 0. The van der Waals surface area contributed by atoms with E-state index in [0.717, 1.165) is 16.2 Å². The van der Waals surface area contributed by atoms with Crippen LogP contribution >= 0.6 is 23.4 Å². The number of benzene rings is 1. The number of nitrogens with one attached hydrogen (secondary N) is 2. The molecule has 0 aliphatic heterocycles. The zero-order chi connectivity index (χ0) is 19.2. The number of nitrogens with zero attached hydrogens (tertiary/aromatic N) is 3. The average Bonchev–Trinajstić information content (AvgIpc) is 2.63. The minimum absolute atomic E-state index is 0.315. The van der Waals surface area contributed by atoms with Crippen LogP contribution in [0.4, 0.5) is 10.6 Å². The first-order chi connectivity index (χ1) is 13.0. The molecule has 1 aromatic carbocycles. The molecule has 2 aromatic heterocycles. The molecule has 3 aromatic rings. The molecule has 0 aliphatic rings. The highest BCUT2D eigenvalue weighted by molar-refractivity contribution is 7.99. The number of rotatable bonds is 4. The quantitative estimate of drug-likeness (QED) is 0.508. The second-order valence-electron chi connectivity index (χ2n) is 5.34. The van der Waals surface area contributed by atoms with Crippen molar-refractivity contribution in [3.63, 3.8) is 0 Å². The maximum Gasteiger partial charge on any atom is 0.327 e. The number of hydrogen-bond acceptors (Lipinski definition) is 6. The minimum atomic E-state index is -0.638. The topological polar surface area (TPSA) is 96.9 Å². The number of hydrogen-bond donors (Lipinski definition) is 2. The molecular weight excluding hydrogens is 386 g/mol. The molecule has 0 spiro atoms. The SMILES string of the molecule is CC(=O)NC(=O)Nc1ccc(Sc2nc(Cl)cc(-c3ccccc3)n2)cn1. The molecule has 0 fully saturated rings. The number of carbonyl (C=O) groups is 2. The Bertz CT molecular complexity index is 967. The van der Waals surface area contributed by atoms with Gasteiger partial charge in [0.05, 0.1) is 5.69 Å². The number of halogens is 1. The fourth-order valence-electron chi connectivity index (χ4n) is 2.13. The Balaban J connectivity index is 1.73. The fourth-order valence-corrected chi connectivity index (χ4v) is 3.10. The van der Waals surface area contributed by atoms with Crippen molar-refractivity contribution >= 4 is 41.1 Å². The number of urea groups is 1. The van der Waals surface area contributed by atoms with Crippen LogP contribution in [0, 0.1) is 0 Å². The van der Waals surface area contributed by atoms with Gasteiger partial charge in [-0.05, 0) is 23.9 Å². The highest BCUT2D eigenvalue weighted by Gasteiger charge is 2.09. The van der Waals surface area contributed by atoms with Gasteiger partial charge in [0.2, 0.25) is 5.91 Å². The molecule has 0 radical (unpaired) electrons. The van der Waals surface area contributed by atoms with Crippen LogP contribution in [0.2, 0.25) is 5.15 Å². The molecule has 0 unspecified atom stereocenters. The molecule has 7 nitrogen and oxygen atoms in total. The number of aromatic nitrogens is 3. The number of imide groups is 1. The van der Waals surface area contributed by atoms with Gasteiger partial charge in [-0.1, -0.05) is 41.9 Å². The Morgan fingerprint density at radius 3 is 2.52 bits per heavy atom. The standard InChI is InChI=1S/C18H14ClN5O2S/c1-11(25)21-17(26)24-16-8-7-13(10-20-16)27-18-22-14(9-15(19)23-18)12-5-3-2-4-6-12/h2-10H,1H3,(H2,20,21,24,25,26). The second-order valence-corrected chi connectivity index (χ2v) is 6.77. The van der Waals surface area contributed by atoms with Crippen LogP contribution in [0.5, 0.6) is 0 Å². The minimum Gasteiger partial charge on any atom is -0.292 e. The van der Waals surface area contributed by atoms with Crippen molar-refractivity contribution in [1.29, 1.82) is 0 Å². The van der Waals surface area contributed by atoms with Crippen LogP contribution in [0.25, 0.3) is 11.3 Å². The van der Waals surface area contributed by atoms with Crippen molar-refractivity contribution in [2.24, 2.45) is 0 Å². The molecule has 9 heteroatoms. The maximum atomic E-state index is 11.5. The third-order valence-electron chi connectivity index (χ3n) is 3.22. The highest BCUT2D eigenvalue weighted by Crippen LogP contribution is 2.28. The molecule has 136 valence electrons. The summed E-state index contributed by atoms with van der Waals surface area (Å²) in [4.78, 5) is 36.0. The fraction of sp³-hybridized carbons (Fsp3) is 0.0556. The Labute approximate surface area is 164 Å². The van der Waals surface area contributed by atoms with Gasteiger partial charge in [0.1, 0.15) is 11.0 Å². The van der Waals surface area contributed by atoms with E-state index in [1.54, 1.807) is 24.4 Å². The largest absolute Gasteiger partial charge is 0.327 e. The van der Waals surface area contributed by atoms with E-state index < -0.39 is 11.9 Å². The molecule has 0 aliphatic carbocycles.